The van der Waals surface area contributed by atoms with Gasteiger partial charge in [-0.25, -0.2) is 4.98 Å². The molecule has 4 heteroatoms. The van der Waals surface area contributed by atoms with Crippen LogP contribution in [-0.4, -0.2) is 14.7 Å². The topological polar surface area (TPSA) is 50.1 Å². The van der Waals surface area contributed by atoms with Crippen molar-refractivity contribution in [3.63, 3.8) is 0 Å². The highest BCUT2D eigenvalue weighted by Gasteiger charge is 1.99. The standard InChI is InChI=1S/C13H17N3O/c1-2-16-10-15-9-12(16)8-14-7-11-3-5-13(17)6-4-11/h3-6,9-10,14,17H,2,7-8H2,1H3. The average Bonchev–Trinajstić information content (AvgIpc) is 2.79. The van der Waals surface area contributed by atoms with E-state index in [1.165, 1.54) is 5.69 Å². The van der Waals surface area contributed by atoms with Gasteiger partial charge in [-0.15, -0.1) is 0 Å². The maximum Gasteiger partial charge on any atom is 0.115 e. The number of hydrogen-bond acceptors (Lipinski definition) is 3. The van der Waals surface area contributed by atoms with Crippen LogP contribution in [0.1, 0.15) is 18.2 Å². The molecule has 0 aliphatic rings. The molecule has 0 radical (unpaired) electrons. The van der Waals surface area contributed by atoms with Crippen LogP contribution >= 0.6 is 0 Å². The lowest BCUT2D eigenvalue weighted by Crippen LogP contribution is -2.15. The van der Waals surface area contributed by atoms with Crippen molar-refractivity contribution in [3.05, 3.63) is 48.0 Å². The SMILES string of the molecule is CCn1cncc1CNCc1ccc(O)cc1. The van der Waals surface area contributed by atoms with E-state index in [1.54, 1.807) is 12.1 Å². The Kier molecular flexibility index (Phi) is 3.77. The Labute approximate surface area is 101 Å². The number of imidazole rings is 1. The molecule has 0 aliphatic heterocycles. The zero-order valence-electron chi connectivity index (χ0n) is 9.93. The van der Waals surface area contributed by atoms with Crippen LogP contribution in [0.5, 0.6) is 5.75 Å². The molecule has 0 saturated heterocycles. The van der Waals surface area contributed by atoms with Crippen molar-refractivity contribution in [3.8, 4) is 5.75 Å². The van der Waals surface area contributed by atoms with E-state index in [4.69, 9.17) is 5.11 Å². The second kappa shape index (κ2) is 5.50. The van der Waals surface area contributed by atoms with Crippen LogP contribution < -0.4 is 5.32 Å². The number of rotatable bonds is 5. The highest BCUT2D eigenvalue weighted by Crippen LogP contribution is 2.09. The van der Waals surface area contributed by atoms with E-state index in [0.29, 0.717) is 5.75 Å². The van der Waals surface area contributed by atoms with E-state index in [1.807, 2.05) is 24.7 Å². The lowest BCUT2D eigenvalue weighted by Gasteiger charge is -2.07. The van der Waals surface area contributed by atoms with Gasteiger partial charge in [-0.3, -0.25) is 0 Å². The van der Waals surface area contributed by atoms with Crippen molar-refractivity contribution in [1.29, 1.82) is 0 Å². The molecule has 17 heavy (non-hydrogen) atoms. The Hall–Kier alpha value is -1.81. The van der Waals surface area contributed by atoms with E-state index >= 15 is 0 Å². The van der Waals surface area contributed by atoms with Crippen LogP contribution in [0.2, 0.25) is 0 Å². The average molecular weight is 231 g/mol. The predicted molar refractivity (Wildman–Crippen MR) is 66.6 cm³/mol. The number of phenols is 1. The third kappa shape index (κ3) is 3.07. The number of aromatic hydroxyl groups is 1. The molecule has 1 heterocycles. The first-order valence-corrected chi connectivity index (χ1v) is 5.77. The normalized spacial score (nSPS) is 10.6. The van der Waals surface area contributed by atoms with Gasteiger partial charge in [0.15, 0.2) is 0 Å². The zero-order valence-corrected chi connectivity index (χ0v) is 9.93. The number of aryl methyl sites for hydroxylation is 1. The highest BCUT2D eigenvalue weighted by atomic mass is 16.3. The fourth-order valence-electron chi connectivity index (χ4n) is 1.73. The van der Waals surface area contributed by atoms with E-state index in [-0.39, 0.29) is 0 Å². The Balaban J connectivity index is 1.85. The van der Waals surface area contributed by atoms with Gasteiger partial charge >= 0.3 is 0 Å². The summed E-state index contributed by atoms with van der Waals surface area (Å²) in [5, 5.41) is 12.5. The number of benzene rings is 1. The summed E-state index contributed by atoms with van der Waals surface area (Å²) in [7, 11) is 0. The molecule has 0 spiro atoms. The van der Waals surface area contributed by atoms with E-state index in [9.17, 15) is 0 Å². The van der Waals surface area contributed by atoms with Crippen LogP contribution in [0, 0.1) is 0 Å². The molecule has 1 aromatic carbocycles. The van der Waals surface area contributed by atoms with Crippen molar-refractivity contribution >= 4 is 0 Å². The van der Waals surface area contributed by atoms with Gasteiger partial charge in [0.1, 0.15) is 5.75 Å². The Morgan fingerprint density at radius 1 is 1.24 bits per heavy atom. The summed E-state index contributed by atoms with van der Waals surface area (Å²) in [6, 6.07) is 7.24. The molecular weight excluding hydrogens is 214 g/mol. The summed E-state index contributed by atoms with van der Waals surface area (Å²) in [5.41, 5.74) is 2.34. The first kappa shape index (κ1) is 11.7. The smallest absolute Gasteiger partial charge is 0.115 e. The molecule has 0 unspecified atom stereocenters. The van der Waals surface area contributed by atoms with Gasteiger partial charge in [0.25, 0.3) is 0 Å². The van der Waals surface area contributed by atoms with Gasteiger partial charge in [0.05, 0.1) is 12.0 Å². The van der Waals surface area contributed by atoms with Crippen molar-refractivity contribution < 1.29 is 5.11 Å². The fraction of sp³-hybridized carbons (Fsp3) is 0.308. The Morgan fingerprint density at radius 3 is 2.71 bits per heavy atom. The van der Waals surface area contributed by atoms with Gasteiger partial charge < -0.3 is 15.0 Å². The number of aromatic nitrogens is 2. The van der Waals surface area contributed by atoms with Gasteiger partial charge in [0, 0.05) is 25.8 Å². The van der Waals surface area contributed by atoms with Crippen LogP contribution in [0.3, 0.4) is 0 Å². The van der Waals surface area contributed by atoms with Crippen LogP contribution in [-0.2, 0) is 19.6 Å². The molecule has 1 aromatic heterocycles. The predicted octanol–water partition coefficient (Wildman–Crippen LogP) is 1.90. The lowest BCUT2D eigenvalue weighted by molar-refractivity contribution is 0.475. The maximum absolute atomic E-state index is 9.17. The van der Waals surface area contributed by atoms with Gasteiger partial charge in [-0.2, -0.15) is 0 Å². The summed E-state index contributed by atoms with van der Waals surface area (Å²) in [6.45, 7) is 4.63. The molecule has 2 N–H and O–H groups in total. The summed E-state index contributed by atoms with van der Waals surface area (Å²) in [5.74, 6) is 0.304. The fourth-order valence-corrected chi connectivity index (χ4v) is 1.73. The Bertz CT molecular complexity index is 462. The summed E-state index contributed by atoms with van der Waals surface area (Å²) in [4.78, 5) is 4.12. The first-order valence-electron chi connectivity index (χ1n) is 5.77. The largest absolute Gasteiger partial charge is 0.508 e. The van der Waals surface area contributed by atoms with Crippen LogP contribution in [0.4, 0.5) is 0 Å². The third-order valence-corrected chi connectivity index (χ3v) is 2.71. The van der Waals surface area contributed by atoms with Crippen molar-refractivity contribution in [2.24, 2.45) is 0 Å². The van der Waals surface area contributed by atoms with Crippen LogP contribution in [0.25, 0.3) is 0 Å². The lowest BCUT2D eigenvalue weighted by atomic mass is 10.2. The molecule has 0 aliphatic carbocycles. The minimum atomic E-state index is 0.304. The van der Waals surface area contributed by atoms with Crippen molar-refractivity contribution in [1.82, 2.24) is 14.9 Å². The van der Waals surface area contributed by atoms with E-state index < -0.39 is 0 Å². The highest BCUT2D eigenvalue weighted by molar-refractivity contribution is 5.25. The second-order valence-electron chi connectivity index (χ2n) is 3.94. The monoisotopic (exact) mass is 231 g/mol. The number of hydrogen-bond donors (Lipinski definition) is 2. The molecule has 0 amide bonds. The minimum absolute atomic E-state index is 0.304. The van der Waals surface area contributed by atoms with E-state index in [2.05, 4.69) is 21.8 Å². The van der Waals surface area contributed by atoms with Gasteiger partial charge in [0.2, 0.25) is 0 Å². The number of nitrogens with one attached hydrogen (secondary N) is 1. The molecule has 0 saturated carbocycles. The maximum atomic E-state index is 9.17. The summed E-state index contributed by atoms with van der Waals surface area (Å²) < 4.78 is 2.11. The third-order valence-electron chi connectivity index (χ3n) is 2.71. The zero-order chi connectivity index (χ0) is 12.1. The summed E-state index contributed by atoms with van der Waals surface area (Å²) >= 11 is 0. The Morgan fingerprint density at radius 2 is 2.00 bits per heavy atom. The van der Waals surface area contributed by atoms with E-state index in [0.717, 1.165) is 25.2 Å². The van der Waals surface area contributed by atoms with Crippen LogP contribution in [0.15, 0.2) is 36.8 Å². The molecular formula is C13H17N3O. The molecule has 0 fully saturated rings. The van der Waals surface area contributed by atoms with Gasteiger partial charge in [-0.1, -0.05) is 12.1 Å². The first-order chi connectivity index (χ1) is 8.29. The molecule has 0 bridgehead atoms. The number of nitrogens with zero attached hydrogens (tertiary/aromatic N) is 2. The summed E-state index contributed by atoms with van der Waals surface area (Å²) in [6.07, 6.45) is 3.73. The van der Waals surface area contributed by atoms with Gasteiger partial charge in [-0.05, 0) is 24.6 Å². The quantitative estimate of drug-likeness (QED) is 0.826. The molecule has 2 rings (SSSR count). The molecule has 90 valence electrons. The number of phenolic OH excluding ortho intramolecular Hbond substituents is 1. The minimum Gasteiger partial charge on any atom is -0.508 e. The molecule has 0 atom stereocenters. The van der Waals surface area contributed by atoms with Crippen molar-refractivity contribution in [2.75, 3.05) is 0 Å². The second-order valence-corrected chi connectivity index (χ2v) is 3.94. The van der Waals surface area contributed by atoms with Crippen molar-refractivity contribution in [2.45, 2.75) is 26.6 Å². The molecule has 4 nitrogen and oxygen atoms in total. The molecule has 2 aromatic rings.